The molecule has 0 spiro atoms. The molecule has 0 saturated carbocycles. The SMILES string of the molecule is Nc1cnnc2ccsc12. The lowest BCUT2D eigenvalue weighted by Crippen LogP contribution is -1.87. The average Bonchev–Trinajstić information content (AvgIpc) is 2.36. The first kappa shape index (κ1) is 5.61. The number of nitrogen functional groups attached to an aromatic ring is 1. The molecule has 2 heterocycles. The first-order valence-corrected chi connectivity index (χ1v) is 3.70. The van der Waals surface area contributed by atoms with Crippen molar-refractivity contribution < 1.29 is 0 Å². The second-order valence-corrected chi connectivity index (χ2v) is 2.85. The molecule has 4 heteroatoms. The van der Waals surface area contributed by atoms with Crippen molar-refractivity contribution in [3.8, 4) is 0 Å². The summed E-state index contributed by atoms with van der Waals surface area (Å²) in [5, 5.41) is 9.55. The lowest BCUT2D eigenvalue weighted by atomic mass is 10.4. The number of aromatic nitrogens is 2. The second-order valence-electron chi connectivity index (χ2n) is 1.93. The smallest absolute Gasteiger partial charge is 0.106 e. The minimum Gasteiger partial charge on any atom is -0.396 e. The Kier molecular flexibility index (Phi) is 1.07. The number of anilines is 1. The Morgan fingerprint density at radius 2 is 2.40 bits per heavy atom. The summed E-state index contributed by atoms with van der Waals surface area (Å²) in [7, 11) is 0. The van der Waals surface area contributed by atoms with E-state index in [-0.39, 0.29) is 0 Å². The Labute approximate surface area is 61.5 Å². The highest BCUT2D eigenvalue weighted by molar-refractivity contribution is 7.17. The molecular formula is C6H5N3S. The van der Waals surface area contributed by atoms with Crippen molar-refractivity contribution in [2.75, 3.05) is 5.73 Å². The molecule has 0 radical (unpaired) electrons. The predicted octanol–water partition coefficient (Wildman–Crippen LogP) is 1.27. The van der Waals surface area contributed by atoms with Crippen LogP contribution in [0, 0.1) is 0 Å². The van der Waals surface area contributed by atoms with Gasteiger partial charge in [-0.25, -0.2) is 0 Å². The van der Waals surface area contributed by atoms with E-state index >= 15 is 0 Å². The summed E-state index contributed by atoms with van der Waals surface area (Å²) in [6.45, 7) is 0. The molecule has 10 heavy (non-hydrogen) atoms. The molecule has 2 N–H and O–H groups in total. The quantitative estimate of drug-likeness (QED) is 0.617. The third kappa shape index (κ3) is 0.657. The van der Waals surface area contributed by atoms with Crippen molar-refractivity contribution in [1.82, 2.24) is 10.2 Å². The first-order valence-electron chi connectivity index (χ1n) is 2.82. The third-order valence-corrected chi connectivity index (χ3v) is 2.22. The lowest BCUT2D eigenvalue weighted by Gasteiger charge is -1.89. The van der Waals surface area contributed by atoms with E-state index in [2.05, 4.69) is 10.2 Å². The van der Waals surface area contributed by atoms with Gasteiger partial charge in [-0.1, -0.05) is 0 Å². The molecule has 0 aromatic carbocycles. The van der Waals surface area contributed by atoms with Gasteiger partial charge in [0.15, 0.2) is 0 Å². The van der Waals surface area contributed by atoms with Crippen molar-refractivity contribution in [3.05, 3.63) is 17.6 Å². The third-order valence-electron chi connectivity index (χ3n) is 1.27. The van der Waals surface area contributed by atoms with Gasteiger partial charge in [-0.3, -0.25) is 0 Å². The van der Waals surface area contributed by atoms with Crippen LogP contribution in [0.4, 0.5) is 5.69 Å². The molecule has 0 saturated heterocycles. The van der Waals surface area contributed by atoms with Gasteiger partial charge in [-0.15, -0.1) is 16.4 Å². The standard InChI is InChI=1S/C6H5N3S/c7-4-3-8-9-5-1-2-10-6(4)5/h1-3H,(H2,7,9). The number of hydrogen-bond acceptors (Lipinski definition) is 4. The highest BCUT2D eigenvalue weighted by atomic mass is 32.1. The van der Waals surface area contributed by atoms with Crippen molar-refractivity contribution in [2.45, 2.75) is 0 Å². The zero-order chi connectivity index (χ0) is 6.97. The van der Waals surface area contributed by atoms with Gasteiger partial charge in [0.05, 0.1) is 16.6 Å². The van der Waals surface area contributed by atoms with E-state index in [1.807, 2.05) is 11.4 Å². The molecule has 2 aromatic rings. The number of nitrogens with two attached hydrogens (primary N) is 1. The van der Waals surface area contributed by atoms with E-state index in [4.69, 9.17) is 5.73 Å². The molecule has 0 aliphatic rings. The van der Waals surface area contributed by atoms with E-state index in [1.165, 1.54) is 0 Å². The summed E-state index contributed by atoms with van der Waals surface area (Å²) in [5.41, 5.74) is 7.20. The van der Waals surface area contributed by atoms with Crippen LogP contribution in [0.3, 0.4) is 0 Å². The fourth-order valence-corrected chi connectivity index (χ4v) is 1.56. The van der Waals surface area contributed by atoms with Crippen LogP contribution >= 0.6 is 11.3 Å². The normalized spacial score (nSPS) is 10.4. The topological polar surface area (TPSA) is 51.8 Å². The van der Waals surface area contributed by atoms with Gasteiger partial charge < -0.3 is 5.73 Å². The van der Waals surface area contributed by atoms with Crippen molar-refractivity contribution in [3.63, 3.8) is 0 Å². The van der Waals surface area contributed by atoms with E-state index in [1.54, 1.807) is 17.5 Å². The predicted molar refractivity (Wildman–Crippen MR) is 41.8 cm³/mol. The summed E-state index contributed by atoms with van der Waals surface area (Å²) in [5.74, 6) is 0. The molecular weight excluding hydrogens is 146 g/mol. The van der Waals surface area contributed by atoms with Crippen LogP contribution in [-0.4, -0.2) is 10.2 Å². The minimum atomic E-state index is 0.708. The minimum absolute atomic E-state index is 0.708. The molecule has 0 bridgehead atoms. The highest BCUT2D eigenvalue weighted by Crippen LogP contribution is 2.22. The molecule has 0 aliphatic heterocycles. The molecule has 0 aliphatic carbocycles. The van der Waals surface area contributed by atoms with Gasteiger partial charge in [0, 0.05) is 0 Å². The Morgan fingerprint density at radius 3 is 3.20 bits per heavy atom. The fourth-order valence-electron chi connectivity index (χ4n) is 0.809. The van der Waals surface area contributed by atoms with E-state index in [9.17, 15) is 0 Å². The highest BCUT2D eigenvalue weighted by Gasteiger charge is 1.98. The Hall–Kier alpha value is -1.16. The van der Waals surface area contributed by atoms with Crippen LogP contribution in [-0.2, 0) is 0 Å². The number of rotatable bonds is 0. The summed E-state index contributed by atoms with van der Waals surface area (Å²) >= 11 is 1.59. The largest absolute Gasteiger partial charge is 0.396 e. The number of nitrogens with zero attached hydrogens (tertiary/aromatic N) is 2. The van der Waals surface area contributed by atoms with Crippen molar-refractivity contribution in [1.29, 1.82) is 0 Å². The number of hydrogen-bond donors (Lipinski definition) is 1. The zero-order valence-electron chi connectivity index (χ0n) is 5.11. The summed E-state index contributed by atoms with van der Waals surface area (Å²) in [6.07, 6.45) is 1.57. The maximum Gasteiger partial charge on any atom is 0.106 e. The first-order chi connectivity index (χ1) is 4.88. The van der Waals surface area contributed by atoms with Crippen LogP contribution in [0.25, 0.3) is 10.2 Å². The maximum atomic E-state index is 5.61. The summed E-state index contributed by atoms with van der Waals surface area (Å²) in [6, 6.07) is 1.91. The average molecular weight is 151 g/mol. The lowest BCUT2D eigenvalue weighted by molar-refractivity contribution is 1.08. The molecule has 2 rings (SSSR count). The van der Waals surface area contributed by atoms with Gasteiger partial charge in [0.2, 0.25) is 0 Å². The Morgan fingerprint density at radius 1 is 1.50 bits per heavy atom. The van der Waals surface area contributed by atoms with Crippen LogP contribution in [0.5, 0.6) is 0 Å². The molecule has 50 valence electrons. The molecule has 0 amide bonds. The van der Waals surface area contributed by atoms with Gasteiger partial charge in [0.1, 0.15) is 5.52 Å². The number of fused-ring (bicyclic) bond motifs is 1. The van der Waals surface area contributed by atoms with Gasteiger partial charge in [0.25, 0.3) is 0 Å². The molecule has 0 unspecified atom stereocenters. The van der Waals surface area contributed by atoms with Crippen LogP contribution < -0.4 is 5.73 Å². The van der Waals surface area contributed by atoms with Crippen molar-refractivity contribution >= 4 is 27.2 Å². The monoisotopic (exact) mass is 151 g/mol. The number of thiophene rings is 1. The van der Waals surface area contributed by atoms with E-state index in [0.717, 1.165) is 10.2 Å². The van der Waals surface area contributed by atoms with Crippen LogP contribution in [0.2, 0.25) is 0 Å². The summed E-state index contributed by atoms with van der Waals surface area (Å²) < 4.78 is 1.02. The Balaban J connectivity index is 2.95. The molecule has 0 atom stereocenters. The Bertz CT molecular complexity index is 355. The van der Waals surface area contributed by atoms with E-state index < -0.39 is 0 Å². The fraction of sp³-hybridized carbons (Fsp3) is 0. The molecule has 3 nitrogen and oxygen atoms in total. The van der Waals surface area contributed by atoms with Gasteiger partial charge in [-0.2, -0.15) is 5.10 Å². The summed E-state index contributed by atoms with van der Waals surface area (Å²) in [4.78, 5) is 0. The van der Waals surface area contributed by atoms with Gasteiger partial charge >= 0.3 is 0 Å². The maximum absolute atomic E-state index is 5.61. The van der Waals surface area contributed by atoms with Crippen LogP contribution in [0.1, 0.15) is 0 Å². The molecule has 0 fully saturated rings. The molecule has 2 aromatic heterocycles. The van der Waals surface area contributed by atoms with Gasteiger partial charge in [-0.05, 0) is 11.4 Å². The second kappa shape index (κ2) is 1.91. The van der Waals surface area contributed by atoms with E-state index in [0.29, 0.717) is 5.69 Å². The van der Waals surface area contributed by atoms with Crippen molar-refractivity contribution in [2.24, 2.45) is 0 Å². The zero-order valence-corrected chi connectivity index (χ0v) is 5.93. The van der Waals surface area contributed by atoms with Crippen LogP contribution in [0.15, 0.2) is 17.6 Å².